The van der Waals surface area contributed by atoms with Crippen molar-refractivity contribution in [3.8, 4) is 11.5 Å². The van der Waals surface area contributed by atoms with Gasteiger partial charge in [0.25, 0.3) is 0 Å². The summed E-state index contributed by atoms with van der Waals surface area (Å²) in [5.41, 5.74) is 12.0. The predicted octanol–water partition coefficient (Wildman–Crippen LogP) is 1.26. The van der Waals surface area contributed by atoms with Crippen LogP contribution < -0.4 is 20.9 Å². The molecule has 0 radical (unpaired) electrons. The Labute approximate surface area is 112 Å². The summed E-state index contributed by atoms with van der Waals surface area (Å²) in [7, 11) is 1.57. The summed E-state index contributed by atoms with van der Waals surface area (Å²) in [5, 5.41) is 7.30. The first kappa shape index (κ1) is 14.6. The molecule has 19 heavy (non-hydrogen) atoms. The Kier molecular flexibility index (Phi) is 5.40. The average Bonchev–Trinajstić information content (AvgIpc) is 2.36. The number of benzene rings is 1. The van der Waals surface area contributed by atoms with Crippen LogP contribution in [-0.4, -0.2) is 25.9 Å². The number of hydrogen-bond donors (Lipinski definition) is 2. The fourth-order valence-electron chi connectivity index (χ4n) is 1.30. The van der Waals surface area contributed by atoms with Crippen LogP contribution in [0.25, 0.3) is 0 Å². The SMILES string of the molecule is C=C(C)COc1c(C=NN=C(N)N)cccc1OC. The van der Waals surface area contributed by atoms with Crippen molar-refractivity contribution >= 4 is 12.2 Å². The van der Waals surface area contributed by atoms with Gasteiger partial charge in [-0.05, 0) is 24.6 Å². The van der Waals surface area contributed by atoms with Gasteiger partial charge in [0.1, 0.15) is 6.61 Å². The minimum Gasteiger partial charge on any atom is -0.493 e. The van der Waals surface area contributed by atoms with Gasteiger partial charge in [-0.1, -0.05) is 12.6 Å². The molecule has 6 heteroatoms. The van der Waals surface area contributed by atoms with Gasteiger partial charge in [0.05, 0.1) is 13.3 Å². The van der Waals surface area contributed by atoms with Gasteiger partial charge in [-0.3, -0.25) is 0 Å². The number of guanidine groups is 1. The van der Waals surface area contributed by atoms with Gasteiger partial charge in [0.15, 0.2) is 11.5 Å². The van der Waals surface area contributed by atoms with Crippen molar-refractivity contribution < 1.29 is 9.47 Å². The molecule has 0 saturated carbocycles. The molecule has 0 amide bonds. The maximum Gasteiger partial charge on any atom is 0.211 e. The largest absolute Gasteiger partial charge is 0.493 e. The first-order valence-corrected chi connectivity index (χ1v) is 5.60. The molecule has 0 saturated heterocycles. The molecule has 0 bridgehead atoms. The summed E-state index contributed by atoms with van der Waals surface area (Å²) in [6.45, 7) is 6.06. The summed E-state index contributed by atoms with van der Waals surface area (Å²) >= 11 is 0. The van der Waals surface area contributed by atoms with Gasteiger partial charge in [0, 0.05) is 5.56 Å². The lowest BCUT2D eigenvalue weighted by molar-refractivity contribution is 0.319. The zero-order valence-electron chi connectivity index (χ0n) is 11.1. The summed E-state index contributed by atoms with van der Waals surface area (Å²) in [6, 6.07) is 5.44. The molecule has 0 aliphatic heterocycles. The Morgan fingerprint density at radius 3 is 2.74 bits per heavy atom. The molecule has 0 spiro atoms. The minimum absolute atomic E-state index is 0.108. The molecule has 1 rings (SSSR count). The molecule has 0 unspecified atom stereocenters. The fourth-order valence-corrected chi connectivity index (χ4v) is 1.30. The van der Waals surface area contributed by atoms with Crippen molar-refractivity contribution in [1.82, 2.24) is 0 Å². The molecular weight excluding hydrogens is 244 g/mol. The Morgan fingerprint density at radius 1 is 1.42 bits per heavy atom. The van der Waals surface area contributed by atoms with Gasteiger partial charge in [-0.25, -0.2) is 0 Å². The highest BCUT2D eigenvalue weighted by Gasteiger charge is 2.09. The van der Waals surface area contributed by atoms with Gasteiger partial charge in [-0.2, -0.15) is 5.10 Å². The molecule has 0 heterocycles. The third-order valence-electron chi connectivity index (χ3n) is 2.06. The van der Waals surface area contributed by atoms with E-state index in [0.29, 0.717) is 23.7 Å². The molecular formula is C13H18N4O2. The first-order chi connectivity index (χ1) is 9.04. The van der Waals surface area contributed by atoms with Gasteiger partial charge in [-0.15, -0.1) is 5.10 Å². The average molecular weight is 262 g/mol. The topological polar surface area (TPSA) is 95.2 Å². The lowest BCUT2D eigenvalue weighted by atomic mass is 10.2. The van der Waals surface area contributed by atoms with Crippen LogP contribution in [0.1, 0.15) is 12.5 Å². The lowest BCUT2D eigenvalue weighted by Crippen LogP contribution is -2.21. The number of para-hydroxylation sites is 1. The Morgan fingerprint density at radius 2 is 2.16 bits per heavy atom. The second kappa shape index (κ2) is 7.05. The zero-order chi connectivity index (χ0) is 14.3. The highest BCUT2D eigenvalue weighted by atomic mass is 16.5. The van der Waals surface area contributed by atoms with E-state index in [1.165, 1.54) is 6.21 Å². The maximum atomic E-state index is 5.65. The molecule has 0 fully saturated rings. The number of hydrogen-bond acceptors (Lipinski definition) is 4. The van der Waals surface area contributed by atoms with Gasteiger partial charge in [0.2, 0.25) is 5.96 Å². The molecule has 102 valence electrons. The summed E-state index contributed by atoms with van der Waals surface area (Å²) in [5.74, 6) is 1.07. The third kappa shape index (κ3) is 4.71. The van der Waals surface area contributed by atoms with E-state index in [2.05, 4.69) is 16.8 Å². The fraction of sp³-hybridized carbons (Fsp3) is 0.231. The molecule has 4 N–H and O–H groups in total. The quantitative estimate of drug-likeness (QED) is 0.349. The monoisotopic (exact) mass is 262 g/mol. The van der Waals surface area contributed by atoms with Crippen molar-refractivity contribution in [2.45, 2.75) is 6.92 Å². The highest BCUT2D eigenvalue weighted by Crippen LogP contribution is 2.30. The van der Waals surface area contributed by atoms with Crippen LogP contribution in [0.5, 0.6) is 11.5 Å². The van der Waals surface area contributed by atoms with Crippen LogP contribution in [0, 0.1) is 0 Å². The number of rotatable bonds is 6. The normalized spacial score (nSPS) is 10.2. The lowest BCUT2D eigenvalue weighted by Gasteiger charge is -2.12. The van der Waals surface area contributed by atoms with E-state index < -0.39 is 0 Å². The van der Waals surface area contributed by atoms with Crippen LogP contribution in [0.4, 0.5) is 0 Å². The second-order valence-electron chi connectivity index (χ2n) is 3.89. The van der Waals surface area contributed by atoms with Gasteiger partial charge >= 0.3 is 0 Å². The second-order valence-corrected chi connectivity index (χ2v) is 3.89. The standard InChI is InChI=1S/C13H18N4O2/c1-9(2)8-19-12-10(7-16-17-13(14)15)5-4-6-11(12)18-3/h4-7H,1,8H2,2-3H3,(H4,14,15,17). The van der Waals surface area contributed by atoms with Crippen LogP contribution in [-0.2, 0) is 0 Å². The van der Waals surface area contributed by atoms with Crippen molar-refractivity contribution in [3.63, 3.8) is 0 Å². The van der Waals surface area contributed by atoms with Crippen molar-refractivity contribution in [2.75, 3.05) is 13.7 Å². The van der Waals surface area contributed by atoms with E-state index in [9.17, 15) is 0 Å². The van der Waals surface area contributed by atoms with E-state index in [-0.39, 0.29) is 5.96 Å². The summed E-state index contributed by atoms with van der Waals surface area (Å²) in [6.07, 6.45) is 1.50. The Balaban J connectivity index is 3.04. The number of ether oxygens (including phenoxy) is 2. The van der Waals surface area contributed by atoms with Crippen molar-refractivity contribution in [1.29, 1.82) is 0 Å². The zero-order valence-corrected chi connectivity index (χ0v) is 11.1. The van der Waals surface area contributed by atoms with Crippen molar-refractivity contribution in [3.05, 3.63) is 35.9 Å². The Hall–Kier alpha value is -2.50. The summed E-state index contributed by atoms with van der Waals surface area (Å²) < 4.78 is 10.9. The molecule has 1 aromatic carbocycles. The molecule has 1 aromatic rings. The van der Waals surface area contributed by atoms with E-state index in [0.717, 1.165) is 5.57 Å². The van der Waals surface area contributed by atoms with Crippen LogP contribution in [0.2, 0.25) is 0 Å². The summed E-state index contributed by atoms with van der Waals surface area (Å²) in [4.78, 5) is 0. The van der Waals surface area contributed by atoms with Crippen molar-refractivity contribution in [2.24, 2.45) is 21.7 Å². The first-order valence-electron chi connectivity index (χ1n) is 5.60. The van der Waals surface area contributed by atoms with E-state index in [4.69, 9.17) is 20.9 Å². The molecule has 0 atom stereocenters. The minimum atomic E-state index is -0.108. The smallest absolute Gasteiger partial charge is 0.211 e. The van der Waals surface area contributed by atoms with Crippen LogP contribution in [0.3, 0.4) is 0 Å². The van der Waals surface area contributed by atoms with E-state index in [1.54, 1.807) is 13.2 Å². The molecule has 0 aliphatic carbocycles. The van der Waals surface area contributed by atoms with Crippen LogP contribution in [0.15, 0.2) is 40.6 Å². The molecule has 6 nitrogen and oxygen atoms in total. The molecule has 0 aromatic heterocycles. The third-order valence-corrected chi connectivity index (χ3v) is 2.06. The maximum absolute atomic E-state index is 5.65. The van der Waals surface area contributed by atoms with E-state index >= 15 is 0 Å². The van der Waals surface area contributed by atoms with Crippen LogP contribution >= 0.6 is 0 Å². The highest BCUT2D eigenvalue weighted by molar-refractivity contribution is 5.86. The number of methoxy groups -OCH3 is 1. The van der Waals surface area contributed by atoms with Gasteiger partial charge < -0.3 is 20.9 Å². The Bertz CT molecular complexity index is 505. The molecule has 0 aliphatic rings. The van der Waals surface area contributed by atoms with E-state index in [1.807, 2.05) is 19.1 Å². The predicted molar refractivity (Wildman–Crippen MR) is 76.7 cm³/mol. The number of nitrogens with two attached hydrogens (primary N) is 2. The number of nitrogens with zero attached hydrogens (tertiary/aromatic N) is 2.